The molecule has 1 aliphatic rings. The first-order chi connectivity index (χ1) is 18.1. The molecule has 0 bridgehead atoms. The van der Waals surface area contributed by atoms with Crippen LogP contribution in [-0.4, -0.2) is 30.0 Å². The number of hydrogen-bond acceptors (Lipinski definition) is 5. The van der Waals surface area contributed by atoms with E-state index in [-0.39, 0.29) is 16.7 Å². The van der Waals surface area contributed by atoms with Crippen LogP contribution in [0, 0.1) is 6.92 Å². The first-order valence-corrected chi connectivity index (χ1v) is 12.9. The lowest BCUT2D eigenvalue weighted by Gasteiger charge is -2.26. The Labute approximate surface area is 224 Å². The maximum absolute atomic E-state index is 13.6. The summed E-state index contributed by atoms with van der Waals surface area (Å²) >= 11 is 0. The summed E-state index contributed by atoms with van der Waals surface area (Å²) < 4.78 is 11.5. The van der Waals surface area contributed by atoms with E-state index in [1.807, 2.05) is 69.3 Å². The lowest BCUT2D eigenvalue weighted by Crippen LogP contribution is -2.29. The van der Waals surface area contributed by atoms with E-state index in [4.69, 9.17) is 9.47 Å². The number of amides is 1. The summed E-state index contributed by atoms with van der Waals surface area (Å²) in [5.41, 5.74) is 3.31. The summed E-state index contributed by atoms with van der Waals surface area (Å²) in [5, 5.41) is 11.7. The molecule has 3 aromatic rings. The van der Waals surface area contributed by atoms with Crippen LogP contribution in [0.4, 0.5) is 5.69 Å². The van der Waals surface area contributed by atoms with Gasteiger partial charge < -0.3 is 14.6 Å². The van der Waals surface area contributed by atoms with Gasteiger partial charge in [-0.2, -0.15) is 0 Å². The van der Waals surface area contributed by atoms with Crippen LogP contribution in [0.1, 0.15) is 62.9 Å². The Hall–Kier alpha value is -4.06. The first-order valence-electron chi connectivity index (χ1n) is 12.9. The largest absolute Gasteiger partial charge is 0.507 e. The van der Waals surface area contributed by atoms with Gasteiger partial charge in [-0.05, 0) is 79.8 Å². The minimum Gasteiger partial charge on any atom is -0.507 e. The number of rotatable bonds is 7. The number of aryl methyl sites for hydroxylation is 1. The molecule has 198 valence electrons. The number of ether oxygens (including phenoxy) is 2. The molecule has 1 N–H and O–H groups in total. The fourth-order valence-electron chi connectivity index (χ4n) is 4.83. The first kappa shape index (κ1) is 27.0. The Kier molecular flexibility index (Phi) is 7.63. The van der Waals surface area contributed by atoms with Gasteiger partial charge >= 0.3 is 0 Å². The highest BCUT2D eigenvalue weighted by molar-refractivity contribution is 6.51. The number of benzene rings is 3. The van der Waals surface area contributed by atoms with E-state index in [0.717, 1.165) is 16.9 Å². The Morgan fingerprint density at radius 2 is 1.63 bits per heavy atom. The summed E-state index contributed by atoms with van der Waals surface area (Å²) in [7, 11) is 0. The minimum absolute atomic E-state index is 0.0363. The van der Waals surface area contributed by atoms with Crippen LogP contribution in [-0.2, 0) is 15.0 Å². The number of ketones is 1. The monoisotopic (exact) mass is 513 g/mol. The second-order valence-electron chi connectivity index (χ2n) is 10.4. The second-order valence-corrected chi connectivity index (χ2v) is 10.4. The zero-order valence-corrected chi connectivity index (χ0v) is 22.9. The van der Waals surface area contributed by atoms with Crippen molar-refractivity contribution in [2.75, 3.05) is 18.1 Å². The maximum atomic E-state index is 13.6. The van der Waals surface area contributed by atoms with E-state index >= 15 is 0 Å². The Bertz CT molecular complexity index is 1400. The van der Waals surface area contributed by atoms with Crippen LogP contribution in [0.25, 0.3) is 5.76 Å². The van der Waals surface area contributed by atoms with E-state index in [9.17, 15) is 14.7 Å². The molecule has 1 amide bonds. The molecular formula is C32H35NO5. The third-order valence-corrected chi connectivity index (χ3v) is 6.57. The van der Waals surface area contributed by atoms with Gasteiger partial charge in [-0.1, -0.05) is 45.0 Å². The fourth-order valence-corrected chi connectivity index (χ4v) is 4.83. The number of carbonyl (C=O) groups excluding carboxylic acids is 2. The third kappa shape index (κ3) is 5.17. The molecule has 6 heteroatoms. The van der Waals surface area contributed by atoms with Gasteiger partial charge in [0.15, 0.2) is 0 Å². The van der Waals surface area contributed by atoms with Crippen molar-refractivity contribution in [2.45, 2.75) is 53.0 Å². The van der Waals surface area contributed by atoms with Crippen LogP contribution < -0.4 is 14.4 Å². The number of carbonyl (C=O) groups is 2. The molecule has 1 saturated heterocycles. The number of aliphatic hydroxyl groups is 1. The molecule has 0 spiro atoms. The van der Waals surface area contributed by atoms with Gasteiger partial charge in [0.25, 0.3) is 11.7 Å². The highest BCUT2D eigenvalue weighted by Gasteiger charge is 2.47. The number of Topliss-reactive ketones (excluding diaryl/α,β-unsaturated/α-hetero) is 1. The SMILES string of the molecule is CCOc1cccc(C2/C(=C(\O)c3ccc(OCC)c(C(C)(C)C)c3)C(=O)C(=O)N2c2cccc(C)c2)c1. The van der Waals surface area contributed by atoms with Gasteiger partial charge in [0, 0.05) is 16.8 Å². The van der Waals surface area contributed by atoms with Crippen LogP contribution >= 0.6 is 0 Å². The lowest BCUT2D eigenvalue weighted by molar-refractivity contribution is -0.132. The zero-order chi connectivity index (χ0) is 27.6. The van der Waals surface area contributed by atoms with Crippen molar-refractivity contribution in [2.24, 2.45) is 0 Å². The summed E-state index contributed by atoms with van der Waals surface area (Å²) in [4.78, 5) is 28.5. The fraction of sp³-hybridized carbons (Fsp3) is 0.312. The average molecular weight is 514 g/mol. The average Bonchev–Trinajstić information content (AvgIpc) is 3.14. The Morgan fingerprint density at radius 3 is 2.29 bits per heavy atom. The number of nitrogens with zero attached hydrogens (tertiary/aromatic N) is 1. The van der Waals surface area contributed by atoms with Gasteiger partial charge in [-0.15, -0.1) is 0 Å². The van der Waals surface area contributed by atoms with Gasteiger partial charge in [0.2, 0.25) is 0 Å². The van der Waals surface area contributed by atoms with E-state index in [1.165, 1.54) is 4.90 Å². The van der Waals surface area contributed by atoms with Crippen molar-refractivity contribution >= 4 is 23.1 Å². The molecule has 0 radical (unpaired) electrons. The van der Waals surface area contributed by atoms with Crippen molar-refractivity contribution < 1.29 is 24.2 Å². The van der Waals surface area contributed by atoms with Gasteiger partial charge in [-0.25, -0.2) is 0 Å². The van der Waals surface area contributed by atoms with Gasteiger partial charge in [-0.3, -0.25) is 14.5 Å². The van der Waals surface area contributed by atoms with Crippen LogP contribution in [0.15, 0.2) is 72.3 Å². The predicted molar refractivity (Wildman–Crippen MR) is 150 cm³/mol. The second kappa shape index (κ2) is 10.7. The standard InChI is InChI=1S/C32H35NO5/c1-7-37-24-14-10-12-21(18-24)28-27(30(35)31(36)33(28)23-13-9-11-20(3)17-23)29(34)22-15-16-26(38-8-2)25(19-22)32(4,5)6/h9-19,28,34H,7-8H2,1-6H3/b29-27+. The molecular weight excluding hydrogens is 478 g/mol. The highest BCUT2D eigenvalue weighted by atomic mass is 16.5. The molecule has 4 rings (SSSR count). The number of anilines is 1. The molecule has 0 aromatic heterocycles. The number of aliphatic hydroxyl groups excluding tert-OH is 1. The summed E-state index contributed by atoms with van der Waals surface area (Å²) in [5.74, 6) is -0.305. The molecule has 1 atom stereocenters. The van der Waals surface area contributed by atoms with Crippen molar-refractivity contribution in [1.82, 2.24) is 0 Å². The van der Waals surface area contributed by atoms with Crippen molar-refractivity contribution in [3.05, 3.63) is 94.6 Å². The van der Waals surface area contributed by atoms with E-state index < -0.39 is 17.7 Å². The molecule has 0 aliphatic carbocycles. The lowest BCUT2D eigenvalue weighted by atomic mass is 9.84. The third-order valence-electron chi connectivity index (χ3n) is 6.57. The predicted octanol–water partition coefficient (Wildman–Crippen LogP) is 6.72. The zero-order valence-electron chi connectivity index (χ0n) is 22.9. The Morgan fingerprint density at radius 1 is 0.921 bits per heavy atom. The molecule has 0 saturated carbocycles. The molecule has 1 fully saturated rings. The summed E-state index contributed by atoms with van der Waals surface area (Å²) in [6, 6.07) is 19.3. The van der Waals surface area contributed by atoms with E-state index in [0.29, 0.717) is 35.8 Å². The quantitative estimate of drug-likeness (QED) is 0.216. The molecule has 1 heterocycles. The summed E-state index contributed by atoms with van der Waals surface area (Å²) in [6.45, 7) is 12.9. The number of hydrogen-bond donors (Lipinski definition) is 1. The van der Waals surface area contributed by atoms with Crippen molar-refractivity contribution in [1.29, 1.82) is 0 Å². The van der Waals surface area contributed by atoms with Crippen LogP contribution in [0.5, 0.6) is 11.5 Å². The maximum Gasteiger partial charge on any atom is 0.300 e. The van der Waals surface area contributed by atoms with Crippen LogP contribution in [0.2, 0.25) is 0 Å². The highest BCUT2D eigenvalue weighted by Crippen LogP contribution is 2.44. The molecule has 1 unspecified atom stereocenters. The van der Waals surface area contributed by atoms with Crippen molar-refractivity contribution in [3.8, 4) is 11.5 Å². The molecule has 38 heavy (non-hydrogen) atoms. The molecule has 6 nitrogen and oxygen atoms in total. The summed E-state index contributed by atoms with van der Waals surface area (Å²) in [6.07, 6.45) is 0. The minimum atomic E-state index is -0.832. The normalized spacial score (nSPS) is 17.1. The van der Waals surface area contributed by atoms with E-state index in [1.54, 1.807) is 18.2 Å². The van der Waals surface area contributed by atoms with Gasteiger partial charge in [0.1, 0.15) is 17.3 Å². The van der Waals surface area contributed by atoms with Gasteiger partial charge in [0.05, 0.1) is 24.8 Å². The molecule has 1 aliphatic heterocycles. The van der Waals surface area contributed by atoms with E-state index in [2.05, 4.69) is 20.8 Å². The Balaban J connectivity index is 1.96. The molecule has 3 aromatic carbocycles. The topological polar surface area (TPSA) is 76.1 Å². The smallest absolute Gasteiger partial charge is 0.300 e. The van der Waals surface area contributed by atoms with Crippen LogP contribution in [0.3, 0.4) is 0 Å². The van der Waals surface area contributed by atoms with Crippen molar-refractivity contribution in [3.63, 3.8) is 0 Å².